The first kappa shape index (κ1) is 18.1. The fraction of sp³-hybridized carbons (Fsp3) is 0.429. The summed E-state index contributed by atoms with van der Waals surface area (Å²) < 4.78 is 32.9. The molecule has 0 bridgehead atoms. The van der Waals surface area contributed by atoms with Crippen molar-refractivity contribution in [2.75, 3.05) is 39.8 Å². The third-order valence-corrected chi connectivity index (χ3v) is 4.26. The predicted molar refractivity (Wildman–Crippen MR) is 99.5 cm³/mol. The summed E-state index contributed by atoms with van der Waals surface area (Å²) in [5.74, 6) is 2.29. The Hall–Kier alpha value is -2.28. The minimum absolute atomic E-state index is 0.202. The lowest BCUT2D eigenvalue weighted by molar-refractivity contribution is 0.0223. The molecule has 4 rings (SSSR count). The first-order valence-corrected chi connectivity index (χ1v) is 9.25. The molecule has 0 spiro atoms. The zero-order chi connectivity index (χ0) is 18.5. The molecule has 2 aromatic rings. The number of hydrogen-bond acceptors (Lipinski definition) is 6. The highest BCUT2D eigenvalue weighted by Gasteiger charge is 2.24. The number of rotatable bonds is 11. The van der Waals surface area contributed by atoms with E-state index >= 15 is 0 Å². The van der Waals surface area contributed by atoms with Gasteiger partial charge in [-0.2, -0.15) is 0 Å². The van der Waals surface area contributed by atoms with Crippen LogP contribution in [-0.2, 0) is 14.2 Å². The van der Waals surface area contributed by atoms with Gasteiger partial charge in [-0.3, -0.25) is 0 Å². The maximum Gasteiger partial charge on any atom is 0.189 e. The van der Waals surface area contributed by atoms with E-state index in [1.807, 2.05) is 49.4 Å². The van der Waals surface area contributed by atoms with Gasteiger partial charge in [0.25, 0.3) is 0 Å². The topological polar surface area (TPSA) is 62.0 Å². The highest BCUT2D eigenvalue weighted by molar-refractivity contribution is 5.68. The van der Waals surface area contributed by atoms with Crippen LogP contribution in [0.25, 0.3) is 11.1 Å². The van der Waals surface area contributed by atoms with E-state index in [-0.39, 0.29) is 19.0 Å². The molecule has 2 unspecified atom stereocenters. The van der Waals surface area contributed by atoms with Crippen molar-refractivity contribution >= 4 is 0 Å². The zero-order valence-electron chi connectivity index (χ0n) is 15.4. The molecular weight excluding hydrogens is 348 g/mol. The molecule has 2 aliphatic rings. The summed E-state index contributed by atoms with van der Waals surface area (Å²) in [6, 6.07) is 13.8. The van der Waals surface area contributed by atoms with E-state index in [2.05, 4.69) is 0 Å². The minimum atomic E-state index is 0.202. The van der Waals surface area contributed by atoms with Crippen molar-refractivity contribution in [3.05, 3.63) is 42.5 Å². The SMILES string of the molecule is CCOCOc1cc(OCC2CO2)cc(-c2ccc(OCC3CO3)cc2)c1. The van der Waals surface area contributed by atoms with Crippen LogP contribution in [0.3, 0.4) is 0 Å². The number of hydrogen-bond donors (Lipinski definition) is 0. The molecule has 0 N–H and O–H groups in total. The Morgan fingerprint density at radius 1 is 0.778 bits per heavy atom. The maximum absolute atomic E-state index is 5.85. The summed E-state index contributed by atoms with van der Waals surface area (Å²) in [5.41, 5.74) is 2.06. The van der Waals surface area contributed by atoms with Gasteiger partial charge in [0.2, 0.25) is 0 Å². The fourth-order valence-electron chi connectivity index (χ4n) is 2.55. The molecule has 144 valence electrons. The molecule has 0 saturated carbocycles. The third-order valence-electron chi connectivity index (χ3n) is 4.26. The van der Waals surface area contributed by atoms with Gasteiger partial charge in [0, 0.05) is 12.7 Å². The molecule has 0 aliphatic carbocycles. The van der Waals surface area contributed by atoms with Crippen molar-refractivity contribution in [3.63, 3.8) is 0 Å². The normalized spacial score (nSPS) is 20.2. The van der Waals surface area contributed by atoms with Crippen LogP contribution in [0, 0.1) is 0 Å². The molecule has 2 aromatic carbocycles. The van der Waals surface area contributed by atoms with Crippen molar-refractivity contribution in [3.8, 4) is 28.4 Å². The summed E-state index contributed by atoms with van der Waals surface area (Å²) in [4.78, 5) is 0. The van der Waals surface area contributed by atoms with Crippen LogP contribution in [0.15, 0.2) is 42.5 Å². The molecule has 6 nitrogen and oxygen atoms in total. The first-order chi connectivity index (χ1) is 13.3. The van der Waals surface area contributed by atoms with Gasteiger partial charge in [-0.25, -0.2) is 0 Å². The van der Waals surface area contributed by atoms with Crippen molar-refractivity contribution in [1.82, 2.24) is 0 Å². The Kier molecular flexibility index (Phi) is 5.77. The molecule has 0 aromatic heterocycles. The van der Waals surface area contributed by atoms with Crippen LogP contribution < -0.4 is 14.2 Å². The van der Waals surface area contributed by atoms with Crippen LogP contribution in [0.4, 0.5) is 0 Å². The van der Waals surface area contributed by atoms with E-state index in [1.54, 1.807) is 0 Å². The molecule has 0 radical (unpaired) electrons. The Labute approximate surface area is 158 Å². The third kappa shape index (κ3) is 5.60. The zero-order valence-corrected chi connectivity index (χ0v) is 15.4. The van der Waals surface area contributed by atoms with E-state index in [1.165, 1.54) is 0 Å². The summed E-state index contributed by atoms with van der Waals surface area (Å²) in [7, 11) is 0. The van der Waals surface area contributed by atoms with Crippen molar-refractivity contribution < 1.29 is 28.4 Å². The molecule has 2 aliphatic heterocycles. The van der Waals surface area contributed by atoms with E-state index in [0.29, 0.717) is 25.6 Å². The maximum atomic E-state index is 5.85. The highest BCUT2D eigenvalue weighted by Crippen LogP contribution is 2.31. The lowest BCUT2D eigenvalue weighted by Gasteiger charge is -2.13. The van der Waals surface area contributed by atoms with Crippen molar-refractivity contribution in [2.45, 2.75) is 19.1 Å². The van der Waals surface area contributed by atoms with Gasteiger partial charge in [-0.05, 0) is 42.3 Å². The second kappa shape index (κ2) is 8.61. The smallest absolute Gasteiger partial charge is 0.189 e. The number of ether oxygens (including phenoxy) is 6. The predicted octanol–water partition coefficient (Wildman–Crippen LogP) is 3.28. The van der Waals surface area contributed by atoms with Crippen molar-refractivity contribution in [2.24, 2.45) is 0 Å². The van der Waals surface area contributed by atoms with Crippen LogP contribution in [0.5, 0.6) is 17.2 Å². The highest BCUT2D eigenvalue weighted by atomic mass is 16.7. The second-order valence-electron chi connectivity index (χ2n) is 6.51. The lowest BCUT2D eigenvalue weighted by Crippen LogP contribution is -2.05. The van der Waals surface area contributed by atoms with Gasteiger partial charge in [0.05, 0.1) is 13.2 Å². The van der Waals surface area contributed by atoms with Crippen LogP contribution in [0.2, 0.25) is 0 Å². The van der Waals surface area contributed by atoms with Gasteiger partial charge in [0.1, 0.15) is 42.7 Å². The summed E-state index contributed by atoms with van der Waals surface area (Å²) >= 11 is 0. The Morgan fingerprint density at radius 3 is 1.96 bits per heavy atom. The Morgan fingerprint density at radius 2 is 1.37 bits per heavy atom. The van der Waals surface area contributed by atoms with E-state index in [4.69, 9.17) is 28.4 Å². The van der Waals surface area contributed by atoms with Gasteiger partial charge >= 0.3 is 0 Å². The van der Waals surface area contributed by atoms with Crippen molar-refractivity contribution in [1.29, 1.82) is 0 Å². The molecule has 2 heterocycles. The molecular formula is C21H24O6. The first-order valence-electron chi connectivity index (χ1n) is 9.25. The second-order valence-corrected chi connectivity index (χ2v) is 6.51. The van der Waals surface area contributed by atoms with E-state index < -0.39 is 0 Å². The lowest BCUT2D eigenvalue weighted by atomic mass is 10.0. The van der Waals surface area contributed by atoms with Gasteiger partial charge in [-0.15, -0.1) is 0 Å². The molecule has 27 heavy (non-hydrogen) atoms. The number of benzene rings is 2. The van der Waals surface area contributed by atoms with E-state index in [0.717, 1.165) is 35.8 Å². The monoisotopic (exact) mass is 372 g/mol. The average molecular weight is 372 g/mol. The Balaban J connectivity index is 1.47. The molecule has 2 fully saturated rings. The van der Waals surface area contributed by atoms with Crippen LogP contribution in [0.1, 0.15) is 6.92 Å². The molecule has 2 saturated heterocycles. The molecule has 0 amide bonds. The quantitative estimate of drug-likeness (QED) is 0.343. The molecule has 2 atom stereocenters. The summed E-state index contributed by atoms with van der Waals surface area (Å²) in [5, 5.41) is 0. The summed E-state index contributed by atoms with van der Waals surface area (Å²) in [6.07, 6.45) is 0.451. The standard InChI is InChI=1S/C21H24O6/c1-2-22-14-27-19-8-16(7-18(9-19)24-11-21-13-26-21)15-3-5-17(6-4-15)23-10-20-12-25-20/h3-9,20-21H,2,10-14H2,1H3. The Bertz CT molecular complexity index is 737. The average Bonchev–Trinajstić information content (AvgIpc) is 3.60. The van der Waals surface area contributed by atoms with Gasteiger partial charge in [0.15, 0.2) is 6.79 Å². The molecule has 6 heteroatoms. The number of epoxide rings is 2. The summed E-state index contributed by atoms with van der Waals surface area (Å²) in [6.45, 7) is 5.45. The van der Waals surface area contributed by atoms with Crippen LogP contribution in [-0.4, -0.2) is 52.0 Å². The van der Waals surface area contributed by atoms with Gasteiger partial charge in [-0.1, -0.05) is 12.1 Å². The van der Waals surface area contributed by atoms with Crippen LogP contribution >= 0.6 is 0 Å². The minimum Gasteiger partial charge on any atom is -0.491 e. The van der Waals surface area contributed by atoms with Gasteiger partial charge < -0.3 is 28.4 Å². The van der Waals surface area contributed by atoms with E-state index in [9.17, 15) is 0 Å². The largest absolute Gasteiger partial charge is 0.491 e. The fourth-order valence-corrected chi connectivity index (χ4v) is 2.55.